The lowest BCUT2D eigenvalue weighted by Gasteiger charge is -2.00. The molecule has 2 heterocycles. The molecule has 3 aromatic rings. The molecule has 0 N–H and O–H groups in total. The van der Waals surface area contributed by atoms with E-state index in [1.165, 1.54) is 0 Å². The van der Waals surface area contributed by atoms with Gasteiger partial charge in [0.05, 0.1) is 5.39 Å². The van der Waals surface area contributed by atoms with Crippen molar-refractivity contribution >= 4 is 16.6 Å². The fourth-order valence-corrected chi connectivity index (χ4v) is 1.60. The Labute approximate surface area is 95.0 Å². The van der Waals surface area contributed by atoms with Gasteiger partial charge in [0.15, 0.2) is 5.82 Å². The first-order valence-electron chi connectivity index (χ1n) is 4.65. The maximum Gasteiger partial charge on any atom is 0.285 e. The molecule has 18 heavy (non-hydrogen) atoms. The first-order valence-corrected chi connectivity index (χ1v) is 4.65. The van der Waals surface area contributed by atoms with Gasteiger partial charge in [-0.15, -0.1) is 4.57 Å². The minimum Gasteiger partial charge on any atom is -0.367 e. The van der Waals surface area contributed by atoms with Gasteiger partial charge in [0.25, 0.3) is 11.9 Å². The number of rotatable bonds is 0. The minimum atomic E-state index is -1.59. The third-order valence-electron chi connectivity index (χ3n) is 2.43. The molecule has 1 aromatic carbocycles. The van der Waals surface area contributed by atoms with E-state index in [4.69, 9.17) is 0 Å². The van der Waals surface area contributed by atoms with E-state index in [9.17, 15) is 22.4 Å². The second-order valence-electron chi connectivity index (χ2n) is 3.47. The van der Waals surface area contributed by atoms with Crippen molar-refractivity contribution in [2.45, 2.75) is 0 Å². The number of aromatic nitrogens is 2. The Bertz CT molecular complexity index is 853. The zero-order valence-electron chi connectivity index (χ0n) is 8.38. The molecular formula is C10H2F4N2O2. The molecule has 0 bridgehead atoms. The van der Waals surface area contributed by atoms with Crippen LogP contribution in [-0.4, -0.2) is 9.56 Å². The Morgan fingerprint density at radius 1 is 1.17 bits per heavy atom. The average Bonchev–Trinajstić information content (AvgIpc) is 2.63. The van der Waals surface area contributed by atoms with Crippen molar-refractivity contribution < 1.29 is 22.1 Å². The predicted molar refractivity (Wildman–Crippen MR) is 51.1 cm³/mol. The van der Waals surface area contributed by atoms with Crippen LogP contribution in [0, 0.1) is 23.5 Å². The molecule has 0 spiro atoms. The van der Waals surface area contributed by atoms with E-state index in [1.54, 1.807) is 0 Å². The van der Waals surface area contributed by atoms with Crippen molar-refractivity contribution in [3.8, 4) is 0 Å². The lowest BCUT2D eigenvalue weighted by molar-refractivity contribution is 0.314. The number of benzene rings is 1. The number of halogens is 4. The molecule has 0 aliphatic heterocycles. The highest BCUT2D eigenvalue weighted by Gasteiger charge is 2.21. The van der Waals surface area contributed by atoms with Gasteiger partial charge in [-0.3, -0.25) is 4.79 Å². The Morgan fingerprint density at radius 3 is 2.61 bits per heavy atom. The second kappa shape index (κ2) is 3.31. The fourth-order valence-electron chi connectivity index (χ4n) is 1.60. The van der Waals surface area contributed by atoms with Crippen LogP contribution in [0.1, 0.15) is 0 Å². The Kier molecular flexibility index (Phi) is 1.98. The normalized spacial score (nSPS) is 11.6. The molecule has 0 aliphatic rings. The molecule has 0 radical (unpaired) electrons. The summed E-state index contributed by atoms with van der Waals surface area (Å²) in [5, 5.41) is -0.355. The van der Waals surface area contributed by atoms with Crippen LogP contribution in [0.25, 0.3) is 16.6 Å². The number of fused-ring (bicyclic) bond motifs is 2. The van der Waals surface area contributed by atoms with Gasteiger partial charge in [-0.2, -0.15) is 18.2 Å². The van der Waals surface area contributed by atoms with Crippen molar-refractivity contribution in [3.05, 3.63) is 45.9 Å². The molecule has 0 fully saturated rings. The second-order valence-corrected chi connectivity index (χ2v) is 3.47. The third kappa shape index (κ3) is 1.19. The molecule has 3 rings (SSSR count). The smallest absolute Gasteiger partial charge is 0.285 e. The van der Waals surface area contributed by atoms with Gasteiger partial charge in [0.2, 0.25) is 22.5 Å². The minimum absolute atomic E-state index is 0.0858. The largest absolute Gasteiger partial charge is 0.367 e. The quantitative estimate of drug-likeness (QED) is 0.579. The van der Waals surface area contributed by atoms with E-state index >= 15 is 0 Å². The molecule has 8 heteroatoms. The summed E-state index contributed by atoms with van der Waals surface area (Å²) < 4.78 is 57.1. The van der Waals surface area contributed by atoms with Crippen LogP contribution in [0.15, 0.2) is 21.5 Å². The van der Waals surface area contributed by atoms with Gasteiger partial charge in [-0.1, -0.05) is 0 Å². The number of nitrogens with zero attached hydrogens (tertiary/aromatic N) is 2. The summed E-state index contributed by atoms with van der Waals surface area (Å²) in [6.45, 7) is 0. The summed E-state index contributed by atoms with van der Waals surface area (Å²) in [6.07, 6.45) is 0. The van der Waals surface area contributed by atoms with Crippen molar-refractivity contribution in [2.75, 3.05) is 0 Å². The maximum atomic E-state index is 13.4. The molecule has 0 aliphatic carbocycles. The van der Waals surface area contributed by atoms with E-state index in [2.05, 4.69) is 9.51 Å². The molecule has 0 unspecified atom stereocenters. The predicted octanol–water partition coefficient (Wildman–Crippen LogP) is 2.00. The van der Waals surface area contributed by atoms with Crippen molar-refractivity contribution in [3.63, 3.8) is 0 Å². The van der Waals surface area contributed by atoms with Gasteiger partial charge in [0.1, 0.15) is 0 Å². The highest BCUT2D eigenvalue weighted by atomic mass is 19.2. The third-order valence-corrected chi connectivity index (χ3v) is 2.43. The summed E-state index contributed by atoms with van der Waals surface area (Å²) in [6, 6.07) is 1.66. The highest BCUT2D eigenvalue weighted by molar-refractivity contribution is 5.79. The Hall–Kier alpha value is -2.38. The summed E-state index contributed by atoms with van der Waals surface area (Å²) in [5.74, 6) is -5.88. The monoisotopic (exact) mass is 258 g/mol. The maximum absolute atomic E-state index is 13.4. The van der Waals surface area contributed by atoms with Crippen LogP contribution < -0.4 is 5.43 Å². The van der Waals surface area contributed by atoms with Crippen LogP contribution in [0.3, 0.4) is 0 Å². The van der Waals surface area contributed by atoms with Crippen LogP contribution in [0.5, 0.6) is 0 Å². The topological polar surface area (TPSA) is 47.5 Å². The van der Waals surface area contributed by atoms with Gasteiger partial charge in [-0.25, -0.2) is 4.39 Å². The first-order chi connectivity index (χ1) is 8.50. The first kappa shape index (κ1) is 10.8. The lowest BCUT2D eigenvalue weighted by Crippen LogP contribution is -2.08. The molecule has 0 saturated heterocycles. The van der Waals surface area contributed by atoms with Crippen molar-refractivity contribution in [1.82, 2.24) is 9.56 Å². The van der Waals surface area contributed by atoms with Crippen LogP contribution in [-0.2, 0) is 0 Å². The van der Waals surface area contributed by atoms with E-state index in [-0.39, 0.29) is 9.96 Å². The molecule has 0 saturated carbocycles. The SMILES string of the molecule is O=c1c2ccc(F)c(F)c2on2c(F)c(F)nc12. The van der Waals surface area contributed by atoms with Crippen LogP contribution >= 0.6 is 0 Å². The summed E-state index contributed by atoms with van der Waals surface area (Å²) in [7, 11) is 0. The van der Waals surface area contributed by atoms with E-state index in [0.29, 0.717) is 6.07 Å². The average molecular weight is 258 g/mol. The number of hydrogen-bond acceptors (Lipinski definition) is 3. The van der Waals surface area contributed by atoms with Crippen LogP contribution in [0.2, 0.25) is 0 Å². The summed E-state index contributed by atoms with van der Waals surface area (Å²) in [5.41, 5.74) is -2.44. The standard InChI is InChI=1S/C10H2F4N2O2/c11-4-2-1-3-6(17)10-15-8(13)9(14)16(10)18-7(3)5(4)12/h1-2H. The van der Waals surface area contributed by atoms with Crippen LogP contribution in [0.4, 0.5) is 17.6 Å². The van der Waals surface area contributed by atoms with E-state index in [1.807, 2.05) is 0 Å². The Morgan fingerprint density at radius 2 is 1.89 bits per heavy atom. The molecule has 4 nitrogen and oxygen atoms in total. The molecule has 0 amide bonds. The molecule has 2 aromatic heterocycles. The highest BCUT2D eigenvalue weighted by Crippen LogP contribution is 2.19. The Balaban J connectivity index is 2.65. The van der Waals surface area contributed by atoms with E-state index < -0.39 is 40.2 Å². The van der Waals surface area contributed by atoms with E-state index in [0.717, 1.165) is 6.07 Å². The summed E-state index contributed by atoms with van der Waals surface area (Å²) in [4.78, 5) is 14.8. The van der Waals surface area contributed by atoms with Crippen molar-refractivity contribution in [1.29, 1.82) is 0 Å². The summed E-state index contributed by atoms with van der Waals surface area (Å²) >= 11 is 0. The zero-order chi connectivity index (χ0) is 13.0. The number of hydrogen-bond donors (Lipinski definition) is 0. The fraction of sp³-hybridized carbons (Fsp3) is 0. The lowest BCUT2D eigenvalue weighted by atomic mass is 10.2. The van der Waals surface area contributed by atoms with Crippen molar-refractivity contribution in [2.24, 2.45) is 0 Å². The van der Waals surface area contributed by atoms with Gasteiger partial charge >= 0.3 is 0 Å². The van der Waals surface area contributed by atoms with Gasteiger partial charge in [-0.05, 0) is 12.1 Å². The molecular weight excluding hydrogens is 256 g/mol. The van der Waals surface area contributed by atoms with Gasteiger partial charge < -0.3 is 4.52 Å². The number of imidazole rings is 1. The molecule has 92 valence electrons. The zero-order valence-corrected chi connectivity index (χ0v) is 8.38. The molecule has 0 atom stereocenters. The van der Waals surface area contributed by atoms with Gasteiger partial charge in [0, 0.05) is 0 Å².